The van der Waals surface area contributed by atoms with E-state index in [1.807, 2.05) is 11.0 Å². The molecule has 0 aliphatic heterocycles. The minimum Gasteiger partial charge on any atom is -0.478 e. The number of nitrogens with zero attached hydrogens (tertiary/aromatic N) is 2. The zero-order valence-corrected chi connectivity index (χ0v) is 14.3. The van der Waals surface area contributed by atoms with Crippen molar-refractivity contribution in [2.24, 2.45) is 0 Å². The predicted octanol–water partition coefficient (Wildman–Crippen LogP) is 3.71. The van der Waals surface area contributed by atoms with Crippen molar-refractivity contribution < 1.29 is 14.7 Å². The standard InChI is InChI=1S/C20H22N2O3/c1-2-13-22(17-7-3-5-14-6-4-12-21-18(14)17)19(23)15-8-10-16(11-9-15)20(24)25/h4,6,8-12,17H,2-3,5,7,13H2,1H3,(H,24,25). The second-order valence-corrected chi connectivity index (χ2v) is 6.34. The molecule has 1 N–H and O–H groups in total. The Morgan fingerprint density at radius 1 is 1.20 bits per heavy atom. The van der Waals surface area contributed by atoms with Gasteiger partial charge in [0.15, 0.2) is 0 Å². The maximum absolute atomic E-state index is 13.1. The van der Waals surface area contributed by atoms with Crippen molar-refractivity contribution in [3.05, 3.63) is 65.0 Å². The maximum Gasteiger partial charge on any atom is 0.335 e. The number of carbonyl (C=O) groups is 2. The number of hydrogen-bond donors (Lipinski definition) is 1. The van der Waals surface area contributed by atoms with Gasteiger partial charge in [-0.2, -0.15) is 0 Å². The molecule has 1 aromatic carbocycles. The third kappa shape index (κ3) is 3.55. The van der Waals surface area contributed by atoms with Gasteiger partial charge in [0.1, 0.15) is 0 Å². The summed E-state index contributed by atoms with van der Waals surface area (Å²) >= 11 is 0. The summed E-state index contributed by atoms with van der Waals surface area (Å²) in [5, 5.41) is 9.02. The summed E-state index contributed by atoms with van der Waals surface area (Å²) in [6.45, 7) is 2.70. The molecule has 1 heterocycles. The van der Waals surface area contributed by atoms with Crippen molar-refractivity contribution in [2.75, 3.05) is 6.54 Å². The van der Waals surface area contributed by atoms with Gasteiger partial charge in [0.2, 0.25) is 0 Å². The highest BCUT2D eigenvalue weighted by Crippen LogP contribution is 2.33. The Morgan fingerprint density at radius 2 is 1.92 bits per heavy atom. The van der Waals surface area contributed by atoms with Crippen LogP contribution in [0.4, 0.5) is 0 Å². The summed E-state index contributed by atoms with van der Waals surface area (Å²) < 4.78 is 0. The van der Waals surface area contributed by atoms with Crippen LogP contribution in [0.2, 0.25) is 0 Å². The first-order valence-electron chi connectivity index (χ1n) is 8.70. The van der Waals surface area contributed by atoms with Crippen LogP contribution in [0.1, 0.15) is 64.2 Å². The lowest BCUT2D eigenvalue weighted by molar-refractivity contribution is 0.0648. The molecule has 0 saturated heterocycles. The molecule has 0 bridgehead atoms. The second-order valence-electron chi connectivity index (χ2n) is 6.34. The van der Waals surface area contributed by atoms with E-state index >= 15 is 0 Å². The SMILES string of the molecule is CCCN(C(=O)c1ccc(C(=O)O)cc1)C1CCCc2cccnc21. The fourth-order valence-electron chi connectivity index (χ4n) is 3.45. The molecule has 0 saturated carbocycles. The lowest BCUT2D eigenvalue weighted by atomic mass is 9.90. The van der Waals surface area contributed by atoms with E-state index in [9.17, 15) is 9.59 Å². The number of fused-ring (bicyclic) bond motifs is 1. The van der Waals surface area contributed by atoms with Gasteiger partial charge in [0.25, 0.3) is 5.91 Å². The molecule has 1 aromatic heterocycles. The van der Waals surface area contributed by atoms with Crippen molar-refractivity contribution >= 4 is 11.9 Å². The van der Waals surface area contributed by atoms with E-state index < -0.39 is 5.97 Å². The van der Waals surface area contributed by atoms with E-state index in [0.717, 1.165) is 31.4 Å². The number of pyridine rings is 1. The largest absolute Gasteiger partial charge is 0.478 e. The van der Waals surface area contributed by atoms with Crippen LogP contribution in [0, 0.1) is 0 Å². The Hall–Kier alpha value is -2.69. The average molecular weight is 338 g/mol. The van der Waals surface area contributed by atoms with E-state index in [0.29, 0.717) is 12.1 Å². The fourth-order valence-corrected chi connectivity index (χ4v) is 3.45. The summed E-state index contributed by atoms with van der Waals surface area (Å²) in [4.78, 5) is 30.5. The van der Waals surface area contributed by atoms with E-state index in [1.165, 1.54) is 17.7 Å². The number of aromatic carboxylic acids is 1. The smallest absolute Gasteiger partial charge is 0.335 e. The van der Waals surface area contributed by atoms with Gasteiger partial charge in [-0.15, -0.1) is 0 Å². The molecular weight excluding hydrogens is 316 g/mol. The molecule has 1 aliphatic rings. The van der Waals surface area contributed by atoms with Crippen LogP contribution in [0.15, 0.2) is 42.6 Å². The molecule has 5 nitrogen and oxygen atoms in total. The average Bonchev–Trinajstić information content (AvgIpc) is 2.65. The summed E-state index contributed by atoms with van der Waals surface area (Å²) in [5.74, 6) is -1.06. The molecule has 3 rings (SSSR count). The third-order valence-electron chi connectivity index (χ3n) is 4.65. The Morgan fingerprint density at radius 3 is 2.60 bits per heavy atom. The van der Waals surface area contributed by atoms with E-state index in [2.05, 4.69) is 18.0 Å². The first-order chi connectivity index (χ1) is 12.1. The fraction of sp³-hybridized carbons (Fsp3) is 0.350. The first kappa shape index (κ1) is 17.1. The summed E-state index contributed by atoms with van der Waals surface area (Å²) in [6.07, 6.45) is 5.59. The van der Waals surface area contributed by atoms with Crippen molar-refractivity contribution in [1.82, 2.24) is 9.88 Å². The van der Waals surface area contributed by atoms with E-state index in [-0.39, 0.29) is 17.5 Å². The molecular formula is C20H22N2O3. The molecule has 2 aromatic rings. The Bertz CT molecular complexity index is 771. The van der Waals surface area contributed by atoms with Gasteiger partial charge in [-0.25, -0.2) is 4.79 Å². The van der Waals surface area contributed by atoms with Gasteiger partial charge in [0.05, 0.1) is 17.3 Å². The predicted molar refractivity (Wildman–Crippen MR) is 94.6 cm³/mol. The van der Waals surface area contributed by atoms with Crippen LogP contribution < -0.4 is 0 Å². The Labute approximate surface area is 147 Å². The summed E-state index contributed by atoms with van der Waals surface area (Å²) in [7, 11) is 0. The van der Waals surface area contributed by atoms with Gasteiger partial charge < -0.3 is 10.0 Å². The highest BCUT2D eigenvalue weighted by Gasteiger charge is 2.30. The van der Waals surface area contributed by atoms with Crippen LogP contribution in [0.3, 0.4) is 0 Å². The maximum atomic E-state index is 13.1. The van der Waals surface area contributed by atoms with Crippen LogP contribution in [-0.4, -0.2) is 33.4 Å². The van der Waals surface area contributed by atoms with Crippen LogP contribution in [-0.2, 0) is 6.42 Å². The molecule has 0 fully saturated rings. The molecule has 0 spiro atoms. The minimum atomic E-state index is -0.991. The monoisotopic (exact) mass is 338 g/mol. The molecule has 5 heteroatoms. The first-order valence-corrected chi connectivity index (χ1v) is 8.70. The molecule has 1 amide bonds. The van der Waals surface area contributed by atoms with E-state index in [1.54, 1.807) is 18.3 Å². The summed E-state index contributed by atoms with van der Waals surface area (Å²) in [5.41, 5.74) is 2.91. The van der Waals surface area contributed by atoms with Gasteiger partial charge >= 0.3 is 5.97 Å². The molecule has 1 atom stereocenters. The number of carbonyl (C=O) groups excluding carboxylic acids is 1. The number of rotatable bonds is 5. The lowest BCUT2D eigenvalue weighted by Crippen LogP contribution is -2.37. The van der Waals surface area contributed by atoms with Crippen LogP contribution in [0.25, 0.3) is 0 Å². The zero-order valence-electron chi connectivity index (χ0n) is 14.3. The zero-order chi connectivity index (χ0) is 17.8. The van der Waals surface area contributed by atoms with Crippen LogP contribution in [0.5, 0.6) is 0 Å². The number of carboxylic acids is 1. The lowest BCUT2D eigenvalue weighted by Gasteiger charge is -2.35. The molecule has 1 aliphatic carbocycles. The molecule has 25 heavy (non-hydrogen) atoms. The number of aryl methyl sites for hydroxylation is 1. The number of aromatic nitrogens is 1. The number of amides is 1. The van der Waals surface area contributed by atoms with Gasteiger partial charge in [-0.3, -0.25) is 9.78 Å². The number of benzene rings is 1. The Kier molecular flexibility index (Phi) is 5.12. The van der Waals surface area contributed by atoms with E-state index in [4.69, 9.17) is 5.11 Å². The molecule has 1 unspecified atom stereocenters. The van der Waals surface area contributed by atoms with Gasteiger partial charge in [0, 0.05) is 18.3 Å². The minimum absolute atomic E-state index is 0.0171. The number of hydrogen-bond acceptors (Lipinski definition) is 3. The van der Waals surface area contributed by atoms with Gasteiger partial charge in [-0.05, 0) is 61.6 Å². The van der Waals surface area contributed by atoms with Crippen LogP contribution >= 0.6 is 0 Å². The topological polar surface area (TPSA) is 70.5 Å². The highest BCUT2D eigenvalue weighted by atomic mass is 16.4. The number of carboxylic acid groups (broad SMARTS) is 1. The quantitative estimate of drug-likeness (QED) is 0.902. The Balaban J connectivity index is 1.91. The van der Waals surface area contributed by atoms with Crippen molar-refractivity contribution in [2.45, 2.75) is 38.6 Å². The molecule has 0 radical (unpaired) electrons. The van der Waals surface area contributed by atoms with Gasteiger partial charge in [-0.1, -0.05) is 13.0 Å². The van der Waals surface area contributed by atoms with Crippen molar-refractivity contribution in [3.63, 3.8) is 0 Å². The normalized spacial score (nSPS) is 16.1. The molecule has 130 valence electrons. The third-order valence-corrected chi connectivity index (χ3v) is 4.65. The highest BCUT2D eigenvalue weighted by molar-refractivity contribution is 5.96. The second kappa shape index (κ2) is 7.47. The summed E-state index contributed by atoms with van der Waals surface area (Å²) in [6, 6.07) is 10.2. The van der Waals surface area contributed by atoms with Crippen molar-refractivity contribution in [3.8, 4) is 0 Å². The van der Waals surface area contributed by atoms with Crippen molar-refractivity contribution in [1.29, 1.82) is 0 Å².